The minimum absolute atomic E-state index is 0.0158. The lowest BCUT2D eigenvalue weighted by atomic mass is 9.94. The van der Waals surface area contributed by atoms with Gasteiger partial charge in [-0.05, 0) is 26.7 Å². The maximum Gasteiger partial charge on any atom is 0.237 e. The van der Waals surface area contributed by atoms with Gasteiger partial charge in [-0.15, -0.1) is 11.6 Å². The molecular weight excluding hydrogens is 266 g/mol. The van der Waals surface area contributed by atoms with Crippen LogP contribution in [0.15, 0.2) is 0 Å². The summed E-state index contributed by atoms with van der Waals surface area (Å²) >= 11 is 5.73. The van der Waals surface area contributed by atoms with Crippen molar-refractivity contribution in [2.75, 3.05) is 25.6 Å². The molecular formula is C14H26ClNO3. The highest BCUT2D eigenvalue weighted by molar-refractivity contribution is 6.27. The Morgan fingerprint density at radius 3 is 2.26 bits per heavy atom. The average Bonchev–Trinajstić information content (AvgIpc) is 2.45. The molecule has 19 heavy (non-hydrogen) atoms. The van der Waals surface area contributed by atoms with Crippen LogP contribution in [0.3, 0.4) is 0 Å². The molecule has 0 bridgehead atoms. The first-order valence-electron chi connectivity index (χ1n) is 7.31. The van der Waals surface area contributed by atoms with Gasteiger partial charge in [-0.3, -0.25) is 4.79 Å². The van der Waals surface area contributed by atoms with E-state index in [-0.39, 0.29) is 18.1 Å². The van der Waals surface area contributed by atoms with Gasteiger partial charge in [0.05, 0.1) is 6.54 Å². The smallest absolute Gasteiger partial charge is 0.237 e. The van der Waals surface area contributed by atoms with Crippen molar-refractivity contribution >= 4 is 17.5 Å². The highest BCUT2D eigenvalue weighted by Gasteiger charge is 2.27. The van der Waals surface area contributed by atoms with E-state index in [2.05, 4.69) is 0 Å². The third-order valence-corrected chi connectivity index (χ3v) is 3.73. The van der Waals surface area contributed by atoms with E-state index >= 15 is 0 Å². The standard InChI is InChI=1S/C14H26ClNO3/c1-3-18-14(19-4-2)11-16(13(17)10-15)12-8-6-5-7-9-12/h12,14H,3-11H2,1-2H3. The number of amides is 1. The zero-order chi connectivity index (χ0) is 14.1. The number of ether oxygens (including phenoxy) is 2. The van der Waals surface area contributed by atoms with Gasteiger partial charge in [0.2, 0.25) is 5.91 Å². The summed E-state index contributed by atoms with van der Waals surface area (Å²) in [6.07, 6.45) is 5.42. The molecule has 0 aromatic carbocycles. The van der Waals surface area contributed by atoms with Crippen molar-refractivity contribution in [1.29, 1.82) is 0 Å². The molecule has 0 unspecified atom stereocenters. The quantitative estimate of drug-likeness (QED) is 0.510. The number of alkyl halides is 1. The fourth-order valence-electron chi connectivity index (χ4n) is 2.61. The van der Waals surface area contributed by atoms with Crippen LogP contribution in [0, 0.1) is 0 Å². The predicted molar refractivity (Wildman–Crippen MR) is 76.3 cm³/mol. The zero-order valence-corrected chi connectivity index (χ0v) is 12.8. The molecule has 0 aliphatic heterocycles. The lowest BCUT2D eigenvalue weighted by molar-refractivity contribution is -0.162. The summed E-state index contributed by atoms with van der Waals surface area (Å²) in [6, 6.07) is 0.295. The number of halogens is 1. The lowest BCUT2D eigenvalue weighted by Gasteiger charge is -2.36. The molecule has 0 atom stereocenters. The van der Waals surface area contributed by atoms with Crippen LogP contribution in [0.1, 0.15) is 46.0 Å². The second-order valence-corrected chi connectivity index (χ2v) is 5.08. The Labute approximate surface area is 121 Å². The van der Waals surface area contributed by atoms with E-state index in [0.717, 1.165) is 12.8 Å². The third-order valence-electron chi connectivity index (χ3n) is 3.50. The minimum Gasteiger partial charge on any atom is -0.351 e. The Morgan fingerprint density at radius 2 is 1.79 bits per heavy atom. The molecule has 5 heteroatoms. The van der Waals surface area contributed by atoms with Crippen LogP contribution in [0.25, 0.3) is 0 Å². The largest absolute Gasteiger partial charge is 0.351 e. The molecule has 1 fully saturated rings. The van der Waals surface area contributed by atoms with Crippen molar-refractivity contribution in [3.63, 3.8) is 0 Å². The van der Waals surface area contributed by atoms with E-state index in [0.29, 0.717) is 25.8 Å². The molecule has 0 aromatic rings. The van der Waals surface area contributed by atoms with Gasteiger partial charge in [0, 0.05) is 19.3 Å². The first-order valence-corrected chi connectivity index (χ1v) is 7.85. The van der Waals surface area contributed by atoms with E-state index in [9.17, 15) is 4.79 Å². The summed E-state index contributed by atoms with van der Waals surface area (Å²) < 4.78 is 11.1. The van der Waals surface area contributed by atoms with E-state index in [1.54, 1.807) is 0 Å². The molecule has 4 nitrogen and oxygen atoms in total. The maximum absolute atomic E-state index is 12.0. The fraction of sp³-hybridized carbons (Fsp3) is 0.929. The van der Waals surface area contributed by atoms with Gasteiger partial charge in [-0.2, -0.15) is 0 Å². The molecule has 0 spiro atoms. The SMILES string of the molecule is CCOC(CN(C(=O)CCl)C1CCCCC1)OCC. The number of hydrogen-bond donors (Lipinski definition) is 0. The maximum atomic E-state index is 12.0. The van der Waals surface area contributed by atoms with Crippen LogP contribution in [0.5, 0.6) is 0 Å². The van der Waals surface area contributed by atoms with Crippen LogP contribution in [0.2, 0.25) is 0 Å². The van der Waals surface area contributed by atoms with Gasteiger partial charge in [0.15, 0.2) is 6.29 Å². The Bertz CT molecular complexity index is 251. The molecule has 1 saturated carbocycles. The summed E-state index contributed by atoms with van der Waals surface area (Å²) in [7, 11) is 0. The Hall–Kier alpha value is -0.320. The monoisotopic (exact) mass is 291 g/mol. The van der Waals surface area contributed by atoms with Crippen molar-refractivity contribution < 1.29 is 14.3 Å². The Morgan fingerprint density at radius 1 is 1.21 bits per heavy atom. The van der Waals surface area contributed by atoms with Gasteiger partial charge in [-0.1, -0.05) is 19.3 Å². The highest BCUT2D eigenvalue weighted by atomic mass is 35.5. The number of hydrogen-bond acceptors (Lipinski definition) is 3. The molecule has 1 amide bonds. The molecule has 0 radical (unpaired) electrons. The van der Waals surface area contributed by atoms with E-state index in [4.69, 9.17) is 21.1 Å². The van der Waals surface area contributed by atoms with Crippen molar-refractivity contribution in [3.8, 4) is 0 Å². The van der Waals surface area contributed by atoms with Crippen LogP contribution in [-0.4, -0.2) is 48.8 Å². The zero-order valence-electron chi connectivity index (χ0n) is 12.1. The predicted octanol–water partition coefficient (Wildman–Crippen LogP) is 2.79. The molecule has 0 saturated heterocycles. The molecule has 112 valence electrons. The van der Waals surface area contributed by atoms with E-state index in [1.807, 2.05) is 18.7 Å². The molecule has 1 aliphatic carbocycles. The molecule has 0 N–H and O–H groups in total. The van der Waals surface area contributed by atoms with Crippen molar-refractivity contribution in [2.45, 2.75) is 58.3 Å². The number of carbonyl (C=O) groups excluding carboxylic acids is 1. The van der Waals surface area contributed by atoms with E-state index in [1.165, 1.54) is 19.3 Å². The number of rotatable bonds is 8. The first kappa shape index (κ1) is 16.7. The first-order chi connectivity index (χ1) is 9.22. The van der Waals surface area contributed by atoms with Crippen LogP contribution < -0.4 is 0 Å². The number of nitrogens with zero attached hydrogens (tertiary/aromatic N) is 1. The minimum atomic E-state index is -0.343. The van der Waals surface area contributed by atoms with Crippen molar-refractivity contribution in [3.05, 3.63) is 0 Å². The van der Waals surface area contributed by atoms with Gasteiger partial charge in [-0.25, -0.2) is 0 Å². The second kappa shape index (κ2) is 9.56. The van der Waals surface area contributed by atoms with Gasteiger partial charge < -0.3 is 14.4 Å². The molecule has 1 aliphatic rings. The average molecular weight is 292 g/mol. The second-order valence-electron chi connectivity index (χ2n) is 4.81. The topological polar surface area (TPSA) is 38.8 Å². The molecule has 0 heterocycles. The fourth-order valence-corrected chi connectivity index (χ4v) is 2.76. The highest BCUT2D eigenvalue weighted by Crippen LogP contribution is 2.23. The Kier molecular flexibility index (Phi) is 8.42. The lowest BCUT2D eigenvalue weighted by Crippen LogP contribution is -2.47. The molecule has 0 aromatic heterocycles. The third kappa shape index (κ3) is 5.67. The van der Waals surface area contributed by atoms with Crippen molar-refractivity contribution in [1.82, 2.24) is 4.90 Å². The van der Waals surface area contributed by atoms with Crippen LogP contribution in [0.4, 0.5) is 0 Å². The van der Waals surface area contributed by atoms with Gasteiger partial charge >= 0.3 is 0 Å². The summed E-state index contributed by atoms with van der Waals surface area (Å²) in [5, 5.41) is 0. The molecule has 1 rings (SSSR count). The Balaban J connectivity index is 2.63. The summed E-state index contributed by atoms with van der Waals surface area (Å²) in [5.74, 6) is 0.0135. The van der Waals surface area contributed by atoms with Crippen LogP contribution >= 0.6 is 11.6 Å². The normalized spacial score (nSPS) is 16.8. The van der Waals surface area contributed by atoms with E-state index < -0.39 is 0 Å². The van der Waals surface area contributed by atoms with Crippen LogP contribution in [-0.2, 0) is 14.3 Å². The number of carbonyl (C=O) groups is 1. The van der Waals surface area contributed by atoms with Gasteiger partial charge in [0.1, 0.15) is 5.88 Å². The summed E-state index contributed by atoms with van der Waals surface area (Å²) in [6.45, 7) is 5.51. The van der Waals surface area contributed by atoms with Gasteiger partial charge in [0.25, 0.3) is 0 Å². The summed E-state index contributed by atoms with van der Waals surface area (Å²) in [5.41, 5.74) is 0. The summed E-state index contributed by atoms with van der Waals surface area (Å²) in [4.78, 5) is 13.9. The van der Waals surface area contributed by atoms with Crippen molar-refractivity contribution in [2.24, 2.45) is 0 Å².